The lowest BCUT2D eigenvalue weighted by atomic mass is 10.1. The molecule has 0 aliphatic carbocycles. The summed E-state index contributed by atoms with van der Waals surface area (Å²) < 4.78 is 18.4. The van der Waals surface area contributed by atoms with Gasteiger partial charge < -0.3 is 10.1 Å². The van der Waals surface area contributed by atoms with E-state index in [9.17, 15) is 14.0 Å². The van der Waals surface area contributed by atoms with Crippen LogP contribution in [0.2, 0.25) is 0 Å². The Bertz CT molecular complexity index is 1360. The highest BCUT2D eigenvalue weighted by molar-refractivity contribution is 7.97. The molecule has 0 aliphatic heterocycles. The number of anilines is 1. The Morgan fingerprint density at radius 1 is 0.816 bits per heavy atom. The second kappa shape index (κ2) is 13.8. The van der Waals surface area contributed by atoms with E-state index in [1.54, 1.807) is 36.4 Å². The van der Waals surface area contributed by atoms with E-state index in [1.807, 2.05) is 42.1 Å². The van der Waals surface area contributed by atoms with E-state index in [4.69, 9.17) is 4.74 Å². The van der Waals surface area contributed by atoms with Crippen LogP contribution in [0.25, 0.3) is 0 Å². The topological polar surface area (TPSA) is 79.8 Å². The van der Waals surface area contributed by atoms with Gasteiger partial charge in [0.25, 0.3) is 11.8 Å². The first kappa shape index (κ1) is 26.6. The van der Waals surface area contributed by atoms with Gasteiger partial charge in [0.05, 0.1) is 6.21 Å². The smallest absolute Gasteiger partial charge is 0.271 e. The molecule has 4 rings (SSSR count). The molecule has 0 atom stereocenters. The van der Waals surface area contributed by atoms with Crippen LogP contribution in [0, 0.1) is 5.82 Å². The Morgan fingerprint density at radius 3 is 2.16 bits per heavy atom. The predicted molar refractivity (Wildman–Crippen MR) is 150 cm³/mol. The van der Waals surface area contributed by atoms with Crippen molar-refractivity contribution in [3.8, 4) is 5.75 Å². The molecule has 0 unspecified atom stereocenters. The van der Waals surface area contributed by atoms with Gasteiger partial charge in [-0.05, 0) is 77.4 Å². The molecule has 0 heterocycles. The fourth-order valence-electron chi connectivity index (χ4n) is 3.37. The lowest BCUT2D eigenvalue weighted by molar-refractivity contribution is -0.118. The average molecular weight is 528 g/mol. The van der Waals surface area contributed by atoms with Gasteiger partial charge in [-0.1, -0.05) is 42.5 Å². The minimum atomic E-state index is -0.374. The first-order valence-corrected chi connectivity index (χ1v) is 13.0. The number of carbonyl (C=O) groups is 2. The lowest BCUT2D eigenvalue weighted by Gasteiger charge is -2.07. The van der Waals surface area contributed by atoms with Crippen LogP contribution >= 0.6 is 11.8 Å². The van der Waals surface area contributed by atoms with Crippen molar-refractivity contribution in [2.45, 2.75) is 11.5 Å². The van der Waals surface area contributed by atoms with Crippen molar-refractivity contribution in [1.82, 2.24) is 5.43 Å². The van der Waals surface area contributed by atoms with Gasteiger partial charge in [0.2, 0.25) is 0 Å². The molecule has 0 aliphatic rings. The first-order valence-electron chi connectivity index (χ1n) is 11.9. The molecule has 2 N–H and O–H groups in total. The van der Waals surface area contributed by atoms with Crippen molar-refractivity contribution in [3.63, 3.8) is 0 Å². The lowest BCUT2D eigenvalue weighted by Crippen LogP contribution is -2.20. The normalized spacial score (nSPS) is 10.8. The zero-order valence-electron chi connectivity index (χ0n) is 20.5. The van der Waals surface area contributed by atoms with Gasteiger partial charge in [-0.25, -0.2) is 9.82 Å². The summed E-state index contributed by atoms with van der Waals surface area (Å²) in [7, 11) is 0. The molecule has 0 aromatic heterocycles. The Labute approximate surface area is 224 Å². The van der Waals surface area contributed by atoms with Gasteiger partial charge in [0, 0.05) is 22.8 Å². The molecular formula is C30H26FN3O3S. The van der Waals surface area contributed by atoms with Crippen molar-refractivity contribution >= 4 is 35.5 Å². The number of carbonyl (C=O) groups excluding carboxylic acids is 2. The molecule has 0 saturated carbocycles. The maximum absolute atomic E-state index is 12.9. The fraction of sp³-hybridized carbons (Fsp3) is 0.100. The molecule has 0 fully saturated rings. The quantitative estimate of drug-likeness (QED) is 0.184. The first-order chi connectivity index (χ1) is 18.5. The average Bonchev–Trinajstić information content (AvgIpc) is 2.95. The summed E-state index contributed by atoms with van der Waals surface area (Å²) in [6.45, 7) is -0.189. The highest BCUT2D eigenvalue weighted by atomic mass is 32.2. The number of rotatable bonds is 11. The Morgan fingerprint density at radius 2 is 1.47 bits per heavy atom. The molecule has 0 spiro atoms. The number of hydrazone groups is 1. The number of ether oxygens (including phenoxy) is 1. The second-order valence-corrected chi connectivity index (χ2v) is 9.27. The molecule has 2 amide bonds. The van der Waals surface area contributed by atoms with Gasteiger partial charge in [-0.15, -0.1) is 0 Å². The second-order valence-electron chi connectivity index (χ2n) is 8.29. The highest BCUT2D eigenvalue weighted by Crippen LogP contribution is 2.18. The number of hydrogen-bond acceptors (Lipinski definition) is 5. The summed E-state index contributed by atoms with van der Waals surface area (Å²) >= 11 is 1.83. The maximum atomic E-state index is 12.9. The molecule has 4 aromatic carbocycles. The van der Waals surface area contributed by atoms with Crippen LogP contribution in [0.4, 0.5) is 10.1 Å². The predicted octanol–water partition coefficient (Wildman–Crippen LogP) is 6.04. The van der Waals surface area contributed by atoms with Crippen LogP contribution in [0.15, 0.2) is 108 Å². The number of halogens is 1. The molecule has 0 radical (unpaired) electrons. The van der Waals surface area contributed by atoms with Crippen LogP contribution in [-0.2, 0) is 16.3 Å². The van der Waals surface area contributed by atoms with Gasteiger partial charge in [0.1, 0.15) is 11.6 Å². The Hall–Kier alpha value is -4.43. The molecule has 8 heteroatoms. The number of benzene rings is 4. The zero-order chi connectivity index (χ0) is 26.6. The highest BCUT2D eigenvalue weighted by Gasteiger charge is 2.06. The molecule has 0 saturated heterocycles. The van der Waals surface area contributed by atoms with Crippen molar-refractivity contribution in [2.75, 3.05) is 11.9 Å². The number of thioether (sulfide) groups is 1. The number of nitrogens with zero attached hydrogens (tertiary/aromatic N) is 1. The van der Waals surface area contributed by atoms with Crippen molar-refractivity contribution < 1.29 is 18.7 Å². The Balaban J connectivity index is 1.18. The summed E-state index contributed by atoms with van der Waals surface area (Å²) in [5.41, 5.74) is 6.74. The van der Waals surface area contributed by atoms with E-state index in [0.717, 1.165) is 22.6 Å². The summed E-state index contributed by atoms with van der Waals surface area (Å²) in [5, 5.41) is 6.65. The summed E-state index contributed by atoms with van der Waals surface area (Å²) in [5.74, 6) is 1.29. The molecule has 0 bridgehead atoms. The van der Waals surface area contributed by atoms with Crippen LogP contribution in [0.5, 0.6) is 5.75 Å². The van der Waals surface area contributed by atoms with Crippen molar-refractivity contribution in [1.29, 1.82) is 0 Å². The Kier molecular flexibility index (Phi) is 9.64. The molecule has 6 nitrogen and oxygen atoms in total. The molecule has 4 aromatic rings. The minimum absolute atomic E-state index is 0.189. The van der Waals surface area contributed by atoms with Crippen LogP contribution in [-0.4, -0.2) is 24.6 Å². The van der Waals surface area contributed by atoms with Crippen LogP contribution in [0.3, 0.4) is 0 Å². The van der Waals surface area contributed by atoms with Gasteiger partial charge in [-0.2, -0.15) is 16.9 Å². The van der Waals surface area contributed by atoms with Crippen LogP contribution in [0.1, 0.15) is 27.0 Å². The summed E-state index contributed by atoms with van der Waals surface area (Å²) in [4.78, 5) is 24.4. The fourth-order valence-corrected chi connectivity index (χ4v) is 4.33. The van der Waals surface area contributed by atoms with E-state index >= 15 is 0 Å². The maximum Gasteiger partial charge on any atom is 0.271 e. The third-order valence-corrected chi connectivity index (χ3v) is 6.43. The minimum Gasteiger partial charge on any atom is -0.484 e. The van der Waals surface area contributed by atoms with Gasteiger partial charge in [0.15, 0.2) is 6.61 Å². The van der Waals surface area contributed by atoms with Crippen LogP contribution < -0.4 is 15.5 Å². The molecule has 38 heavy (non-hydrogen) atoms. The standard InChI is InChI=1S/C30H26FN3O3S/c31-26-12-14-27(15-13-26)33-29(35)19-37-28-16-8-22(9-17-28)18-32-34-30(36)25-10-6-24(7-11-25)21-38-20-23-4-2-1-3-5-23/h1-18H,19-21H2,(H,33,35)(H,34,36)/b32-18+. The van der Waals surface area contributed by atoms with E-state index in [0.29, 0.717) is 17.0 Å². The van der Waals surface area contributed by atoms with E-state index in [-0.39, 0.29) is 24.2 Å². The third kappa shape index (κ3) is 8.60. The third-order valence-electron chi connectivity index (χ3n) is 5.35. The summed E-state index contributed by atoms with van der Waals surface area (Å²) in [6, 6.07) is 30.2. The summed E-state index contributed by atoms with van der Waals surface area (Å²) in [6.07, 6.45) is 1.53. The monoisotopic (exact) mass is 527 g/mol. The molecular weight excluding hydrogens is 501 g/mol. The van der Waals surface area contributed by atoms with Gasteiger partial charge in [-0.3, -0.25) is 9.59 Å². The zero-order valence-corrected chi connectivity index (χ0v) is 21.3. The van der Waals surface area contributed by atoms with Crippen molar-refractivity contribution in [2.24, 2.45) is 5.10 Å². The largest absolute Gasteiger partial charge is 0.484 e. The number of nitrogens with one attached hydrogen (secondary N) is 2. The number of hydrogen-bond donors (Lipinski definition) is 2. The van der Waals surface area contributed by atoms with Crippen molar-refractivity contribution in [3.05, 3.63) is 131 Å². The molecule has 192 valence electrons. The number of amides is 2. The van der Waals surface area contributed by atoms with E-state index in [1.165, 1.54) is 36.0 Å². The SMILES string of the molecule is O=C(COc1ccc(/C=N/NC(=O)c2ccc(CSCc3ccccc3)cc2)cc1)Nc1ccc(F)cc1. The van der Waals surface area contributed by atoms with E-state index < -0.39 is 0 Å². The van der Waals surface area contributed by atoms with Gasteiger partial charge >= 0.3 is 0 Å². The van der Waals surface area contributed by atoms with E-state index in [2.05, 4.69) is 28.0 Å².